The van der Waals surface area contributed by atoms with Gasteiger partial charge in [-0.05, 0) is 31.2 Å². The lowest BCUT2D eigenvalue weighted by atomic mass is 10.2. The number of pyridine rings is 2. The molecule has 0 aliphatic rings. The Morgan fingerprint density at radius 2 is 1.97 bits per heavy atom. The number of hydrogen-bond donors (Lipinski definition) is 2. The summed E-state index contributed by atoms with van der Waals surface area (Å²) >= 11 is 5.83. The van der Waals surface area contributed by atoms with E-state index in [1.807, 2.05) is 4.72 Å². The van der Waals surface area contributed by atoms with E-state index in [2.05, 4.69) is 20.2 Å². The summed E-state index contributed by atoms with van der Waals surface area (Å²) in [6.45, 7) is 1.59. The summed E-state index contributed by atoms with van der Waals surface area (Å²) in [4.78, 5) is 7.52. The molecule has 0 unspecified atom stereocenters. The van der Waals surface area contributed by atoms with Crippen molar-refractivity contribution in [2.24, 2.45) is 0 Å². The molecule has 0 bridgehead atoms. The Bertz CT molecular complexity index is 1460. The smallest absolute Gasteiger partial charge is 0.267 e. The first kappa shape index (κ1) is 22.7. The number of methoxy groups -OCH3 is 1. The van der Waals surface area contributed by atoms with E-state index in [0.29, 0.717) is 11.2 Å². The number of nitrogens with zero attached hydrogens (tertiary/aromatic N) is 3. The Hall–Kier alpha value is -3.51. The summed E-state index contributed by atoms with van der Waals surface area (Å²) in [5.41, 5.74) is 1.27. The van der Waals surface area contributed by atoms with E-state index in [-0.39, 0.29) is 17.5 Å². The van der Waals surface area contributed by atoms with Crippen LogP contribution in [0.5, 0.6) is 11.6 Å². The number of hydrogen-bond acceptors (Lipinski definition) is 7. The maximum Gasteiger partial charge on any atom is 0.267 e. The quantitative estimate of drug-likeness (QED) is 0.398. The Kier molecular flexibility index (Phi) is 6.04. The number of anilines is 1. The fourth-order valence-corrected chi connectivity index (χ4v) is 4.42. The Labute approximate surface area is 191 Å². The largest absolute Gasteiger partial charge is 0.483 e. The maximum atomic E-state index is 15.0. The number of benzene rings is 1. The molecule has 2 N–H and O–H groups in total. The molecule has 9 nitrogen and oxygen atoms in total. The highest BCUT2D eigenvalue weighted by Gasteiger charge is 2.25. The lowest BCUT2D eigenvalue weighted by molar-refractivity contribution is 0.274. The van der Waals surface area contributed by atoms with Crippen molar-refractivity contribution in [1.29, 1.82) is 0 Å². The van der Waals surface area contributed by atoms with Crippen molar-refractivity contribution in [1.82, 2.24) is 20.2 Å². The van der Waals surface area contributed by atoms with Crippen LogP contribution in [0.3, 0.4) is 0 Å². The number of ether oxygens (including phenoxy) is 2. The molecule has 13 heteroatoms. The van der Waals surface area contributed by atoms with Crippen LogP contribution in [-0.2, 0) is 16.6 Å². The molecule has 0 amide bonds. The van der Waals surface area contributed by atoms with Gasteiger partial charge in [-0.1, -0.05) is 11.6 Å². The Morgan fingerprint density at radius 3 is 2.73 bits per heavy atom. The van der Waals surface area contributed by atoms with Crippen LogP contribution in [0.15, 0.2) is 41.6 Å². The van der Waals surface area contributed by atoms with E-state index in [9.17, 15) is 12.8 Å². The SMILES string of the molecule is COc1ncc(Cl)cc1S(=O)(=O)Nc1ccc(F)c(OCc2cnc3n[nH]c(C)c3c2)c1F. The molecule has 4 aromatic rings. The zero-order valence-corrected chi connectivity index (χ0v) is 18.8. The van der Waals surface area contributed by atoms with Gasteiger partial charge < -0.3 is 9.47 Å². The molecule has 172 valence electrons. The molecule has 4 rings (SSSR count). The molecule has 0 saturated carbocycles. The van der Waals surface area contributed by atoms with Crippen molar-refractivity contribution in [3.63, 3.8) is 0 Å². The predicted molar refractivity (Wildman–Crippen MR) is 116 cm³/mol. The average Bonchev–Trinajstić information content (AvgIpc) is 3.16. The number of aryl methyl sites for hydroxylation is 1. The lowest BCUT2D eigenvalue weighted by Gasteiger charge is -2.14. The monoisotopic (exact) mass is 495 g/mol. The highest BCUT2D eigenvalue weighted by Crippen LogP contribution is 2.32. The molecule has 3 aromatic heterocycles. The molecule has 0 spiro atoms. The summed E-state index contributed by atoms with van der Waals surface area (Å²) in [5.74, 6) is -3.24. The second-order valence-corrected chi connectivity index (χ2v) is 8.94. The number of aromatic nitrogens is 4. The van der Waals surface area contributed by atoms with Crippen LogP contribution in [-0.4, -0.2) is 35.7 Å². The molecule has 0 aliphatic heterocycles. The molecular formula is C20H16ClF2N5O4S. The molecule has 0 radical (unpaired) electrons. The highest BCUT2D eigenvalue weighted by atomic mass is 35.5. The van der Waals surface area contributed by atoms with Crippen molar-refractivity contribution in [2.75, 3.05) is 11.8 Å². The summed E-state index contributed by atoms with van der Waals surface area (Å²) in [6, 6.07) is 4.63. The van der Waals surface area contributed by atoms with Gasteiger partial charge in [0.25, 0.3) is 10.0 Å². The van der Waals surface area contributed by atoms with E-state index in [1.165, 1.54) is 19.5 Å². The van der Waals surface area contributed by atoms with E-state index in [1.54, 1.807) is 13.0 Å². The fraction of sp³-hybridized carbons (Fsp3) is 0.150. The average molecular weight is 496 g/mol. The summed E-state index contributed by atoms with van der Waals surface area (Å²) in [5, 5.41) is 7.57. The molecule has 33 heavy (non-hydrogen) atoms. The van der Waals surface area contributed by atoms with Gasteiger partial charge in [-0.25, -0.2) is 27.2 Å². The van der Waals surface area contributed by atoms with E-state index < -0.39 is 38.0 Å². The highest BCUT2D eigenvalue weighted by molar-refractivity contribution is 7.92. The van der Waals surface area contributed by atoms with E-state index >= 15 is 4.39 Å². The standard InChI is InChI=1S/C20H16ClF2N5O4S/c1-10-13-5-11(7-24-19(13)27-26-10)9-32-18-14(22)3-4-15(17(18)23)28-33(29,30)16-6-12(21)8-25-20(16)31-2/h3-8,28H,9H2,1-2H3,(H,24,26,27). The number of aromatic amines is 1. The second-order valence-electron chi connectivity index (χ2n) is 6.86. The van der Waals surface area contributed by atoms with Gasteiger partial charge in [0.2, 0.25) is 5.88 Å². The van der Waals surface area contributed by atoms with Crippen LogP contribution in [0.1, 0.15) is 11.3 Å². The van der Waals surface area contributed by atoms with Gasteiger partial charge >= 0.3 is 0 Å². The van der Waals surface area contributed by atoms with Crippen LogP contribution >= 0.6 is 11.6 Å². The number of halogens is 3. The first-order valence-electron chi connectivity index (χ1n) is 9.32. The second kappa shape index (κ2) is 8.79. The van der Waals surface area contributed by atoms with Gasteiger partial charge in [0.05, 0.1) is 17.8 Å². The van der Waals surface area contributed by atoms with Crippen molar-refractivity contribution < 1.29 is 26.7 Å². The predicted octanol–water partition coefficient (Wildman–Crippen LogP) is 3.98. The topological polar surface area (TPSA) is 119 Å². The normalized spacial score (nSPS) is 11.5. The van der Waals surface area contributed by atoms with Crippen LogP contribution in [0.25, 0.3) is 11.0 Å². The molecule has 0 fully saturated rings. The number of nitrogens with one attached hydrogen (secondary N) is 2. The summed E-state index contributed by atoms with van der Waals surface area (Å²) < 4.78 is 67.2. The minimum atomic E-state index is -4.38. The van der Waals surface area contributed by atoms with Gasteiger partial charge in [0, 0.05) is 29.0 Å². The van der Waals surface area contributed by atoms with Crippen LogP contribution in [0, 0.1) is 18.6 Å². The first-order chi connectivity index (χ1) is 15.7. The fourth-order valence-electron chi connectivity index (χ4n) is 2.99. The number of rotatable bonds is 7. The van der Waals surface area contributed by atoms with Crippen LogP contribution in [0.2, 0.25) is 5.02 Å². The summed E-state index contributed by atoms with van der Waals surface area (Å²) in [7, 11) is -3.16. The zero-order chi connectivity index (χ0) is 23.8. The molecule has 1 aromatic carbocycles. The Balaban J connectivity index is 1.61. The number of fused-ring (bicyclic) bond motifs is 1. The van der Waals surface area contributed by atoms with Crippen molar-refractivity contribution >= 4 is 38.3 Å². The number of sulfonamides is 1. The van der Waals surface area contributed by atoms with Gasteiger partial charge in [0.15, 0.2) is 27.9 Å². The lowest BCUT2D eigenvalue weighted by Crippen LogP contribution is -2.16. The van der Waals surface area contributed by atoms with Gasteiger partial charge in [-0.2, -0.15) is 5.10 Å². The zero-order valence-electron chi connectivity index (χ0n) is 17.2. The molecule has 0 aliphatic carbocycles. The van der Waals surface area contributed by atoms with Crippen molar-refractivity contribution in [2.45, 2.75) is 18.4 Å². The number of H-pyrrole nitrogens is 1. The molecule has 3 heterocycles. The van der Waals surface area contributed by atoms with Crippen LogP contribution < -0.4 is 14.2 Å². The third kappa shape index (κ3) is 4.52. The minimum absolute atomic E-state index is 0.0261. The Morgan fingerprint density at radius 1 is 1.18 bits per heavy atom. The molecule has 0 saturated heterocycles. The molecular weight excluding hydrogens is 480 g/mol. The van der Waals surface area contributed by atoms with Gasteiger partial charge in [-0.15, -0.1) is 0 Å². The third-order valence-corrected chi connectivity index (χ3v) is 6.17. The van der Waals surface area contributed by atoms with Crippen LogP contribution in [0.4, 0.5) is 14.5 Å². The van der Waals surface area contributed by atoms with Crippen molar-refractivity contribution in [3.05, 3.63) is 64.6 Å². The van der Waals surface area contributed by atoms with E-state index in [4.69, 9.17) is 21.1 Å². The first-order valence-corrected chi connectivity index (χ1v) is 11.2. The molecule has 0 atom stereocenters. The minimum Gasteiger partial charge on any atom is -0.483 e. The maximum absolute atomic E-state index is 15.0. The van der Waals surface area contributed by atoms with E-state index in [0.717, 1.165) is 29.3 Å². The van der Waals surface area contributed by atoms with Gasteiger partial charge in [-0.3, -0.25) is 9.82 Å². The van der Waals surface area contributed by atoms with Gasteiger partial charge in [0.1, 0.15) is 6.61 Å². The third-order valence-electron chi connectivity index (χ3n) is 4.60. The van der Waals surface area contributed by atoms with Crippen molar-refractivity contribution in [3.8, 4) is 11.6 Å². The summed E-state index contributed by atoms with van der Waals surface area (Å²) in [6.07, 6.45) is 2.66.